The van der Waals surface area contributed by atoms with Crippen LogP contribution in [0, 0.1) is 35.5 Å². The molecular weight excluding hydrogens is 374 g/mol. The molecule has 0 heterocycles. The van der Waals surface area contributed by atoms with Gasteiger partial charge >= 0.3 is 0 Å². The Morgan fingerprint density at radius 3 is 2.87 bits per heavy atom. The van der Waals surface area contributed by atoms with E-state index in [2.05, 4.69) is 36.2 Å². The molecule has 0 aromatic carbocycles. The van der Waals surface area contributed by atoms with Gasteiger partial charge in [0.2, 0.25) is 5.91 Å². The van der Waals surface area contributed by atoms with Crippen molar-refractivity contribution in [3.8, 4) is 11.8 Å². The summed E-state index contributed by atoms with van der Waals surface area (Å²) in [5.74, 6) is 7.31. The van der Waals surface area contributed by atoms with Crippen molar-refractivity contribution >= 4 is 5.91 Å². The Balaban J connectivity index is 1.79. The van der Waals surface area contributed by atoms with Gasteiger partial charge in [-0.05, 0) is 63.2 Å². The van der Waals surface area contributed by atoms with Crippen molar-refractivity contribution < 1.29 is 15.0 Å². The van der Waals surface area contributed by atoms with Gasteiger partial charge < -0.3 is 15.5 Å². The lowest BCUT2D eigenvalue weighted by molar-refractivity contribution is -0.121. The molecule has 1 amide bonds. The fraction of sp³-hybridized carbons (Fsp3) is 0.731. The lowest BCUT2D eigenvalue weighted by Crippen LogP contribution is -2.23. The SMILES string of the molecule is CC#CC[C@@H](C)[C@H](O)C=C[C@@H]1[C@H]2CC(=CCCCC(=O)NCCCC)C[C@H]2C[C@H]1O. The number of carbonyl (C=O) groups is 1. The number of hydrogen-bond acceptors (Lipinski definition) is 3. The number of hydrogen-bond donors (Lipinski definition) is 3. The zero-order valence-electron chi connectivity index (χ0n) is 19.1. The van der Waals surface area contributed by atoms with Crippen molar-refractivity contribution in [2.24, 2.45) is 23.7 Å². The number of allylic oxidation sites excluding steroid dienone is 2. The lowest BCUT2D eigenvalue weighted by Gasteiger charge is -2.19. The quantitative estimate of drug-likeness (QED) is 0.267. The van der Waals surface area contributed by atoms with Gasteiger partial charge in [0.15, 0.2) is 0 Å². The van der Waals surface area contributed by atoms with Crippen LogP contribution in [0.5, 0.6) is 0 Å². The predicted octanol–water partition coefficient (Wildman–Crippen LogP) is 4.37. The molecule has 2 aliphatic rings. The number of rotatable bonds is 11. The van der Waals surface area contributed by atoms with Crippen molar-refractivity contribution in [2.75, 3.05) is 6.54 Å². The minimum atomic E-state index is -0.517. The Hall–Kier alpha value is -1.57. The molecule has 0 radical (unpaired) electrons. The largest absolute Gasteiger partial charge is 0.392 e. The molecule has 0 aromatic heterocycles. The Morgan fingerprint density at radius 1 is 1.33 bits per heavy atom. The Morgan fingerprint density at radius 2 is 2.13 bits per heavy atom. The number of aliphatic hydroxyl groups excluding tert-OH is 2. The number of carbonyl (C=O) groups excluding carboxylic acids is 1. The van der Waals surface area contributed by atoms with E-state index in [1.165, 1.54) is 5.57 Å². The zero-order valence-corrected chi connectivity index (χ0v) is 19.1. The summed E-state index contributed by atoms with van der Waals surface area (Å²) in [5, 5.41) is 23.9. The third-order valence-corrected chi connectivity index (χ3v) is 6.72. The summed E-state index contributed by atoms with van der Waals surface area (Å²) >= 11 is 0. The predicted molar refractivity (Wildman–Crippen MR) is 123 cm³/mol. The van der Waals surface area contributed by atoms with E-state index in [9.17, 15) is 15.0 Å². The van der Waals surface area contributed by atoms with E-state index in [0.717, 1.165) is 51.5 Å². The van der Waals surface area contributed by atoms with Gasteiger partial charge in [0.1, 0.15) is 0 Å². The second-order valence-electron chi connectivity index (χ2n) is 9.15. The molecule has 4 nitrogen and oxygen atoms in total. The Bertz CT molecular complexity index is 657. The van der Waals surface area contributed by atoms with Crippen molar-refractivity contribution in [1.82, 2.24) is 5.32 Å². The smallest absolute Gasteiger partial charge is 0.220 e. The highest BCUT2D eigenvalue weighted by Gasteiger charge is 2.44. The molecule has 0 saturated heterocycles. The molecular formula is C26H41NO3. The van der Waals surface area contributed by atoms with Gasteiger partial charge in [-0.2, -0.15) is 0 Å². The molecule has 2 fully saturated rings. The van der Waals surface area contributed by atoms with E-state index in [1.54, 1.807) is 0 Å². The minimum absolute atomic E-state index is 0.0984. The molecule has 4 heteroatoms. The maximum absolute atomic E-state index is 11.8. The van der Waals surface area contributed by atoms with Crippen molar-refractivity contribution in [3.05, 3.63) is 23.8 Å². The molecule has 0 unspecified atom stereocenters. The first-order valence-corrected chi connectivity index (χ1v) is 11.8. The van der Waals surface area contributed by atoms with Crippen molar-refractivity contribution in [2.45, 2.75) is 90.8 Å². The van der Waals surface area contributed by atoms with E-state index in [1.807, 2.05) is 19.9 Å². The first kappa shape index (κ1) is 24.7. The molecule has 2 saturated carbocycles. The van der Waals surface area contributed by atoms with Crippen LogP contribution < -0.4 is 5.32 Å². The number of unbranched alkanes of at least 4 members (excludes halogenated alkanes) is 2. The van der Waals surface area contributed by atoms with E-state index < -0.39 is 6.10 Å². The van der Waals surface area contributed by atoms with Crippen LogP contribution in [0.4, 0.5) is 0 Å². The molecule has 6 atom stereocenters. The van der Waals surface area contributed by atoms with Crippen LogP contribution in [0.15, 0.2) is 23.8 Å². The average molecular weight is 416 g/mol. The van der Waals surface area contributed by atoms with Crippen LogP contribution >= 0.6 is 0 Å². The molecule has 30 heavy (non-hydrogen) atoms. The maximum Gasteiger partial charge on any atom is 0.220 e. The van der Waals surface area contributed by atoms with Crippen LogP contribution in [-0.2, 0) is 4.79 Å². The summed E-state index contributed by atoms with van der Waals surface area (Å²) in [4.78, 5) is 11.8. The molecule has 2 rings (SSSR count). The van der Waals surface area contributed by atoms with Gasteiger partial charge in [0, 0.05) is 25.3 Å². The summed E-state index contributed by atoms with van der Waals surface area (Å²) < 4.78 is 0. The highest BCUT2D eigenvalue weighted by Crippen LogP contribution is 2.50. The van der Waals surface area contributed by atoms with Gasteiger partial charge in [-0.25, -0.2) is 0 Å². The standard InChI is InChI=1S/C26H41NO3/c1-4-6-10-19(3)24(28)14-13-22-23-17-20(16-21(23)18-25(22)29)11-8-9-12-26(30)27-15-7-5-2/h11,13-14,19,21-25,28-29H,5,7-10,12,15-18H2,1-3H3,(H,27,30)/t19-,21+,22-,23+,24-,25-/m1/s1. The highest BCUT2D eigenvalue weighted by atomic mass is 16.3. The highest BCUT2D eigenvalue weighted by molar-refractivity contribution is 5.75. The third-order valence-electron chi connectivity index (χ3n) is 6.72. The topological polar surface area (TPSA) is 69.6 Å². The van der Waals surface area contributed by atoms with Crippen LogP contribution in [0.25, 0.3) is 0 Å². The third kappa shape index (κ3) is 7.60. The zero-order chi connectivity index (χ0) is 21.9. The van der Waals surface area contributed by atoms with E-state index in [4.69, 9.17) is 0 Å². The molecule has 0 spiro atoms. The van der Waals surface area contributed by atoms with Crippen LogP contribution in [-0.4, -0.2) is 34.9 Å². The van der Waals surface area contributed by atoms with Crippen LogP contribution in [0.3, 0.4) is 0 Å². The van der Waals surface area contributed by atoms with Gasteiger partial charge in [0.25, 0.3) is 0 Å². The summed E-state index contributed by atoms with van der Waals surface area (Å²) in [6.07, 6.45) is 13.7. The molecule has 3 N–H and O–H groups in total. The number of aliphatic hydroxyl groups is 2. The Labute approximate surface area is 183 Å². The fourth-order valence-corrected chi connectivity index (χ4v) is 4.82. The molecule has 0 aliphatic heterocycles. The van der Waals surface area contributed by atoms with Gasteiger partial charge in [-0.3, -0.25) is 4.79 Å². The first-order valence-electron chi connectivity index (χ1n) is 11.8. The molecule has 0 bridgehead atoms. The number of fused-ring (bicyclic) bond motifs is 1. The number of nitrogens with one attached hydrogen (secondary N) is 1. The maximum atomic E-state index is 11.8. The fourth-order valence-electron chi connectivity index (χ4n) is 4.82. The second-order valence-corrected chi connectivity index (χ2v) is 9.15. The lowest BCUT2D eigenvalue weighted by atomic mass is 9.89. The summed E-state index contributed by atoms with van der Waals surface area (Å²) in [6, 6.07) is 0. The molecule has 0 aromatic rings. The minimum Gasteiger partial charge on any atom is -0.392 e. The van der Waals surface area contributed by atoms with E-state index in [0.29, 0.717) is 24.7 Å². The average Bonchev–Trinajstić information content (AvgIpc) is 3.24. The van der Waals surface area contributed by atoms with Gasteiger partial charge in [0.05, 0.1) is 12.2 Å². The summed E-state index contributed by atoms with van der Waals surface area (Å²) in [7, 11) is 0. The van der Waals surface area contributed by atoms with Gasteiger partial charge in [-0.1, -0.05) is 44.1 Å². The first-order chi connectivity index (χ1) is 14.5. The second kappa shape index (κ2) is 13.0. The van der Waals surface area contributed by atoms with Crippen molar-refractivity contribution in [1.29, 1.82) is 0 Å². The normalized spacial score (nSPS) is 28.9. The monoisotopic (exact) mass is 415 g/mol. The molecule has 2 aliphatic carbocycles. The summed E-state index contributed by atoms with van der Waals surface area (Å²) in [5.41, 5.74) is 1.48. The van der Waals surface area contributed by atoms with Crippen LogP contribution in [0.1, 0.15) is 78.6 Å². The summed E-state index contributed by atoms with van der Waals surface area (Å²) in [6.45, 7) is 6.74. The van der Waals surface area contributed by atoms with Crippen LogP contribution in [0.2, 0.25) is 0 Å². The van der Waals surface area contributed by atoms with E-state index in [-0.39, 0.29) is 23.8 Å². The van der Waals surface area contributed by atoms with Crippen molar-refractivity contribution in [3.63, 3.8) is 0 Å². The Kier molecular flexibility index (Phi) is 10.7. The van der Waals surface area contributed by atoms with E-state index >= 15 is 0 Å². The van der Waals surface area contributed by atoms with Gasteiger partial charge in [-0.15, -0.1) is 11.8 Å². The molecule has 168 valence electrons. The number of amides is 1.